The Kier molecular flexibility index (Phi) is 6.63. The van der Waals surface area contributed by atoms with E-state index in [1.54, 1.807) is 16.7 Å². The average Bonchev–Trinajstić information content (AvgIpc) is 2.67. The molecule has 17 heavy (non-hydrogen) atoms. The van der Waals surface area contributed by atoms with Crippen molar-refractivity contribution in [3.63, 3.8) is 0 Å². The van der Waals surface area contributed by atoms with Crippen molar-refractivity contribution in [3.8, 4) is 0 Å². The number of aryl methyl sites for hydroxylation is 1. The smallest absolute Gasteiger partial charge is 0.325 e. The zero-order valence-corrected chi connectivity index (χ0v) is 11.0. The number of methoxy groups -OCH3 is 1. The van der Waals surface area contributed by atoms with Crippen molar-refractivity contribution in [2.24, 2.45) is 0 Å². The van der Waals surface area contributed by atoms with Gasteiger partial charge in [-0.1, -0.05) is 27.0 Å². The van der Waals surface area contributed by atoms with Crippen LogP contribution in [-0.2, 0) is 16.1 Å². The fourth-order valence-corrected chi connectivity index (χ4v) is 1.36. The molecule has 1 rings (SSSR count). The van der Waals surface area contributed by atoms with Gasteiger partial charge in [0.1, 0.15) is 12.4 Å². The molecule has 0 radical (unpaired) electrons. The Morgan fingerprint density at radius 2 is 2.00 bits per heavy atom. The molecule has 4 heteroatoms. The molecule has 0 amide bonds. The number of esters is 1. The summed E-state index contributed by atoms with van der Waals surface area (Å²) in [5.41, 5.74) is 1.51. The van der Waals surface area contributed by atoms with Gasteiger partial charge in [0.25, 0.3) is 0 Å². The molecule has 0 N–H and O–H groups in total. The van der Waals surface area contributed by atoms with Crippen molar-refractivity contribution in [1.29, 1.82) is 0 Å². The summed E-state index contributed by atoms with van der Waals surface area (Å²) in [7, 11) is 1.36. The van der Waals surface area contributed by atoms with Gasteiger partial charge in [-0.25, -0.2) is 4.98 Å². The van der Waals surface area contributed by atoms with Gasteiger partial charge in [-0.2, -0.15) is 0 Å². The molecular weight excluding hydrogens is 216 g/mol. The van der Waals surface area contributed by atoms with E-state index in [0.717, 1.165) is 17.2 Å². The summed E-state index contributed by atoms with van der Waals surface area (Å²) < 4.78 is 6.35. The number of rotatable bonds is 4. The van der Waals surface area contributed by atoms with E-state index in [0.29, 0.717) is 0 Å². The summed E-state index contributed by atoms with van der Waals surface area (Å²) in [6.07, 6.45) is 3.29. The van der Waals surface area contributed by atoms with Crippen LogP contribution >= 0.6 is 0 Å². The van der Waals surface area contributed by atoms with Crippen LogP contribution in [0.4, 0.5) is 0 Å². The molecule has 4 nitrogen and oxygen atoms in total. The fourth-order valence-electron chi connectivity index (χ4n) is 1.36. The van der Waals surface area contributed by atoms with Crippen molar-refractivity contribution in [2.45, 2.75) is 27.3 Å². The van der Waals surface area contributed by atoms with Crippen LogP contribution in [0, 0.1) is 6.92 Å². The van der Waals surface area contributed by atoms with Crippen LogP contribution in [0.25, 0.3) is 12.2 Å². The van der Waals surface area contributed by atoms with Gasteiger partial charge in [-0.3, -0.25) is 4.79 Å². The third-order valence-corrected chi connectivity index (χ3v) is 2.13. The standard InChI is InChI=1S/C11H14N2O2.C2H6/c1-5-9-10(6-2)13(8(3)12-9)7-11(14)15-4;1-2/h5-6H,1-2,7H2,3-4H3;1-2H3. The summed E-state index contributed by atoms with van der Waals surface area (Å²) in [5.74, 6) is 0.430. The largest absolute Gasteiger partial charge is 0.468 e. The lowest BCUT2D eigenvalue weighted by molar-refractivity contribution is -0.141. The SMILES string of the molecule is C=Cc1nc(C)n(CC(=O)OC)c1C=C.CC. The summed E-state index contributed by atoms with van der Waals surface area (Å²) in [4.78, 5) is 15.4. The molecule has 0 aliphatic rings. The Morgan fingerprint density at radius 3 is 2.41 bits per heavy atom. The molecule has 0 bridgehead atoms. The molecule has 0 saturated carbocycles. The van der Waals surface area contributed by atoms with Gasteiger partial charge >= 0.3 is 5.97 Å². The maximum atomic E-state index is 11.2. The van der Waals surface area contributed by atoms with E-state index >= 15 is 0 Å². The first-order valence-electron chi connectivity index (χ1n) is 5.52. The number of imidazole rings is 1. The molecule has 0 saturated heterocycles. The number of carbonyl (C=O) groups excluding carboxylic acids is 1. The van der Waals surface area contributed by atoms with E-state index in [1.165, 1.54) is 7.11 Å². The number of ether oxygens (including phenoxy) is 1. The van der Waals surface area contributed by atoms with E-state index in [2.05, 4.69) is 22.9 Å². The van der Waals surface area contributed by atoms with Crippen LogP contribution in [0.2, 0.25) is 0 Å². The number of nitrogens with zero attached hydrogens (tertiary/aromatic N) is 2. The Balaban J connectivity index is 0.00000121. The van der Waals surface area contributed by atoms with Crippen LogP contribution in [-0.4, -0.2) is 22.6 Å². The minimum atomic E-state index is -0.311. The molecule has 1 aromatic heterocycles. The molecular formula is C13H20N2O2. The molecule has 0 aliphatic carbocycles. The molecule has 0 unspecified atom stereocenters. The van der Waals surface area contributed by atoms with Gasteiger partial charge in [0.15, 0.2) is 0 Å². The van der Waals surface area contributed by atoms with E-state index in [4.69, 9.17) is 0 Å². The first-order chi connectivity index (χ1) is 8.13. The predicted octanol–water partition coefficient (Wildman–Crippen LogP) is 2.68. The zero-order chi connectivity index (χ0) is 13.4. The Hall–Kier alpha value is -1.84. The van der Waals surface area contributed by atoms with Crippen LogP contribution < -0.4 is 0 Å². The van der Waals surface area contributed by atoms with Crippen molar-refractivity contribution >= 4 is 18.1 Å². The number of hydrogen-bond acceptors (Lipinski definition) is 3. The topological polar surface area (TPSA) is 44.1 Å². The molecule has 0 aromatic carbocycles. The monoisotopic (exact) mass is 236 g/mol. The van der Waals surface area contributed by atoms with Gasteiger partial charge in [0.05, 0.1) is 18.5 Å². The first-order valence-corrected chi connectivity index (χ1v) is 5.52. The predicted molar refractivity (Wildman–Crippen MR) is 70.5 cm³/mol. The van der Waals surface area contributed by atoms with E-state index in [1.807, 2.05) is 20.8 Å². The fraction of sp³-hybridized carbons (Fsp3) is 0.385. The molecule has 1 heterocycles. The van der Waals surface area contributed by atoms with Crippen molar-refractivity contribution in [3.05, 3.63) is 30.4 Å². The molecule has 0 atom stereocenters. The maximum absolute atomic E-state index is 11.2. The van der Waals surface area contributed by atoms with Crippen molar-refractivity contribution in [1.82, 2.24) is 9.55 Å². The highest BCUT2D eigenvalue weighted by molar-refractivity contribution is 5.70. The van der Waals surface area contributed by atoms with Crippen molar-refractivity contribution in [2.75, 3.05) is 7.11 Å². The lowest BCUT2D eigenvalue weighted by Crippen LogP contribution is -2.13. The zero-order valence-electron chi connectivity index (χ0n) is 11.0. The molecule has 0 fully saturated rings. The second-order valence-corrected chi connectivity index (χ2v) is 3.00. The lowest BCUT2D eigenvalue weighted by atomic mass is 10.3. The minimum absolute atomic E-state index is 0.143. The van der Waals surface area contributed by atoms with E-state index < -0.39 is 0 Å². The van der Waals surface area contributed by atoms with Gasteiger partial charge in [-0.15, -0.1) is 0 Å². The second kappa shape index (κ2) is 7.44. The van der Waals surface area contributed by atoms with E-state index in [-0.39, 0.29) is 12.5 Å². The molecule has 0 spiro atoms. The van der Waals surface area contributed by atoms with Crippen LogP contribution in [0.15, 0.2) is 13.2 Å². The lowest BCUT2D eigenvalue weighted by Gasteiger charge is -2.05. The highest BCUT2D eigenvalue weighted by atomic mass is 16.5. The minimum Gasteiger partial charge on any atom is -0.468 e. The van der Waals surface area contributed by atoms with E-state index in [9.17, 15) is 4.79 Å². The third kappa shape index (κ3) is 3.59. The Morgan fingerprint density at radius 1 is 1.41 bits per heavy atom. The van der Waals surface area contributed by atoms with Crippen LogP contribution in [0.3, 0.4) is 0 Å². The Bertz CT molecular complexity index is 406. The van der Waals surface area contributed by atoms with Gasteiger partial charge in [0.2, 0.25) is 0 Å². The summed E-state index contributed by atoms with van der Waals surface area (Å²) >= 11 is 0. The van der Waals surface area contributed by atoms with Crippen LogP contribution in [0.5, 0.6) is 0 Å². The highest BCUT2D eigenvalue weighted by Crippen LogP contribution is 2.14. The third-order valence-electron chi connectivity index (χ3n) is 2.13. The van der Waals surface area contributed by atoms with Crippen molar-refractivity contribution < 1.29 is 9.53 Å². The quantitative estimate of drug-likeness (QED) is 0.755. The number of aromatic nitrogens is 2. The second-order valence-electron chi connectivity index (χ2n) is 3.00. The highest BCUT2D eigenvalue weighted by Gasteiger charge is 2.12. The number of carbonyl (C=O) groups is 1. The Labute approximate surface area is 103 Å². The average molecular weight is 236 g/mol. The first kappa shape index (κ1) is 15.2. The summed E-state index contributed by atoms with van der Waals surface area (Å²) in [6, 6.07) is 0. The molecule has 0 aliphatic heterocycles. The number of hydrogen-bond donors (Lipinski definition) is 0. The normalized spacial score (nSPS) is 8.94. The van der Waals surface area contributed by atoms with Gasteiger partial charge < -0.3 is 9.30 Å². The van der Waals surface area contributed by atoms with Gasteiger partial charge in [-0.05, 0) is 19.1 Å². The maximum Gasteiger partial charge on any atom is 0.325 e. The molecule has 1 aromatic rings. The summed E-state index contributed by atoms with van der Waals surface area (Å²) in [6.45, 7) is 13.3. The molecule has 94 valence electrons. The summed E-state index contributed by atoms with van der Waals surface area (Å²) in [5, 5.41) is 0. The van der Waals surface area contributed by atoms with Gasteiger partial charge in [0, 0.05) is 0 Å². The van der Waals surface area contributed by atoms with Crippen LogP contribution in [0.1, 0.15) is 31.1 Å².